The highest BCUT2D eigenvalue weighted by Gasteiger charge is 2.07. The van der Waals surface area contributed by atoms with Gasteiger partial charge in [-0.05, 0) is 24.7 Å². The number of carboxylic acids is 1. The first-order valence-corrected chi connectivity index (χ1v) is 5.86. The Kier molecular flexibility index (Phi) is 7.09. The number of aliphatic carboxylic acids is 1. The molecule has 0 aromatic carbocycles. The Balaban J connectivity index is 4.00. The van der Waals surface area contributed by atoms with Crippen LogP contribution in [0.15, 0.2) is 22.5 Å². The van der Waals surface area contributed by atoms with E-state index in [1.54, 1.807) is 0 Å². The number of thioether (sulfide) groups is 1. The molecule has 0 amide bonds. The molecule has 74 valence electrons. The molecule has 2 nitrogen and oxygen atoms in total. The first-order chi connectivity index (χ1) is 6.11. The smallest absolute Gasteiger partial charge is 0.341 e. The molecule has 0 bridgehead atoms. The lowest BCUT2D eigenvalue weighted by molar-refractivity contribution is -0.131. The third-order valence-electron chi connectivity index (χ3n) is 1.37. The molecule has 13 heavy (non-hydrogen) atoms. The van der Waals surface area contributed by atoms with Gasteiger partial charge in [-0.3, -0.25) is 0 Å². The van der Waals surface area contributed by atoms with Gasteiger partial charge >= 0.3 is 5.97 Å². The summed E-state index contributed by atoms with van der Waals surface area (Å²) in [5, 5.41) is 9.53. The predicted octanol–water partition coefficient (Wildman–Crippen LogP) is 3.40. The molecule has 0 unspecified atom stereocenters. The molecule has 0 atom stereocenters. The van der Waals surface area contributed by atoms with Crippen molar-refractivity contribution in [3.8, 4) is 0 Å². The van der Waals surface area contributed by atoms with Gasteiger partial charge in [-0.25, -0.2) is 4.79 Å². The van der Waals surface area contributed by atoms with Gasteiger partial charge in [0.2, 0.25) is 0 Å². The minimum absolute atomic E-state index is 0.183. The molecule has 0 spiro atoms. The number of hydrogen-bond donors (Lipinski definition) is 1. The summed E-state index contributed by atoms with van der Waals surface area (Å²) >= 11 is 4.57. The van der Waals surface area contributed by atoms with Crippen LogP contribution in [-0.4, -0.2) is 16.4 Å². The van der Waals surface area contributed by atoms with Crippen molar-refractivity contribution in [2.45, 2.75) is 19.8 Å². The van der Waals surface area contributed by atoms with Crippen molar-refractivity contribution < 1.29 is 9.90 Å². The molecule has 0 aliphatic rings. The molecule has 0 aromatic heterocycles. The zero-order chi connectivity index (χ0) is 10.3. The Labute approximate surface area is 91.2 Å². The van der Waals surface area contributed by atoms with Crippen LogP contribution in [0.2, 0.25) is 0 Å². The van der Waals surface area contributed by atoms with E-state index >= 15 is 0 Å². The van der Waals surface area contributed by atoms with Crippen LogP contribution >= 0.6 is 27.7 Å². The molecule has 0 saturated carbocycles. The molecule has 0 aromatic rings. The van der Waals surface area contributed by atoms with Gasteiger partial charge in [-0.15, -0.1) is 0 Å². The topological polar surface area (TPSA) is 37.3 Å². The van der Waals surface area contributed by atoms with Crippen molar-refractivity contribution in [2.75, 3.05) is 5.33 Å². The molecule has 0 aliphatic carbocycles. The molecular weight excluding hydrogens is 252 g/mol. The summed E-state index contributed by atoms with van der Waals surface area (Å²) in [5.74, 6) is -0.941. The van der Waals surface area contributed by atoms with Crippen molar-refractivity contribution in [1.29, 1.82) is 0 Å². The van der Waals surface area contributed by atoms with E-state index in [0.29, 0.717) is 0 Å². The number of carbonyl (C=O) groups is 1. The molecule has 0 aliphatic heterocycles. The Morgan fingerprint density at radius 2 is 2.31 bits per heavy atom. The van der Waals surface area contributed by atoms with Crippen molar-refractivity contribution >= 4 is 33.7 Å². The molecule has 0 radical (unpaired) electrons. The van der Waals surface area contributed by atoms with Gasteiger partial charge in [0.1, 0.15) is 0 Å². The maximum absolute atomic E-state index is 10.5. The van der Waals surface area contributed by atoms with Crippen LogP contribution < -0.4 is 0 Å². The van der Waals surface area contributed by atoms with E-state index in [1.165, 1.54) is 11.8 Å². The van der Waals surface area contributed by atoms with Crippen LogP contribution in [0, 0.1) is 0 Å². The highest BCUT2D eigenvalue weighted by molar-refractivity contribution is 9.09. The second-order valence-electron chi connectivity index (χ2n) is 2.38. The number of halogens is 1. The van der Waals surface area contributed by atoms with Gasteiger partial charge < -0.3 is 5.11 Å². The molecule has 0 fully saturated rings. The number of alkyl halides is 1. The number of hydrogen-bond acceptors (Lipinski definition) is 2. The summed E-state index contributed by atoms with van der Waals surface area (Å²) in [6.45, 7) is 5.37. The Hall–Kier alpha value is -0.220. The minimum Gasteiger partial charge on any atom is -0.477 e. The van der Waals surface area contributed by atoms with Crippen molar-refractivity contribution in [2.24, 2.45) is 0 Å². The third-order valence-corrected chi connectivity index (χ3v) is 3.06. The highest BCUT2D eigenvalue weighted by Crippen LogP contribution is 2.27. The lowest BCUT2D eigenvalue weighted by atomic mass is 10.3. The van der Waals surface area contributed by atoms with Gasteiger partial charge in [0.15, 0.2) is 0 Å². The number of rotatable bonds is 6. The Morgan fingerprint density at radius 3 is 2.69 bits per heavy atom. The summed E-state index contributed by atoms with van der Waals surface area (Å²) in [6, 6.07) is 0. The lowest BCUT2D eigenvalue weighted by Crippen LogP contribution is -1.95. The summed E-state index contributed by atoms with van der Waals surface area (Å²) in [7, 11) is 0. The van der Waals surface area contributed by atoms with E-state index in [2.05, 4.69) is 22.5 Å². The van der Waals surface area contributed by atoms with E-state index < -0.39 is 5.97 Å². The van der Waals surface area contributed by atoms with E-state index in [4.69, 9.17) is 5.11 Å². The van der Waals surface area contributed by atoms with Crippen molar-refractivity contribution in [1.82, 2.24) is 0 Å². The second-order valence-corrected chi connectivity index (χ2v) is 4.39. The average Bonchev–Trinajstić information content (AvgIpc) is 2.11. The fourth-order valence-corrected chi connectivity index (χ4v) is 1.75. The lowest BCUT2D eigenvalue weighted by Gasteiger charge is -2.04. The molecule has 4 heteroatoms. The first kappa shape index (κ1) is 12.8. The third kappa shape index (κ3) is 5.93. The predicted molar refractivity (Wildman–Crippen MR) is 61.2 cm³/mol. The van der Waals surface area contributed by atoms with Gasteiger partial charge in [0.05, 0.1) is 4.91 Å². The molecule has 0 heterocycles. The SMILES string of the molecule is C=C(S/C(=C\C)CCCBr)C(=O)O. The molecule has 0 rings (SSSR count). The van der Waals surface area contributed by atoms with Crippen molar-refractivity contribution in [3.05, 3.63) is 22.5 Å². The Bertz CT molecular complexity index is 224. The van der Waals surface area contributed by atoms with E-state index in [-0.39, 0.29) is 4.91 Å². The standard InChI is InChI=1S/C9H13BrO2S/c1-3-8(5-4-6-10)13-7(2)9(11)12/h3H,2,4-6H2,1H3,(H,11,12)/b8-3-. The van der Waals surface area contributed by atoms with Crippen molar-refractivity contribution in [3.63, 3.8) is 0 Å². The summed E-state index contributed by atoms with van der Waals surface area (Å²) < 4.78 is 0. The van der Waals surface area contributed by atoms with Crippen LogP contribution in [0.3, 0.4) is 0 Å². The van der Waals surface area contributed by atoms with E-state index in [1.807, 2.05) is 13.0 Å². The van der Waals surface area contributed by atoms with Gasteiger partial charge in [0.25, 0.3) is 0 Å². The fourth-order valence-electron chi connectivity index (χ4n) is 0.697. The van der Waals surface area contributed by atoms with Gasteiger partial charge in [-0.2, -0.15) is 0 Å². The maximum atomic E-state index is 10.5. The second kappa shape index (κ2) is 7.21. The molecule has 1 N–H and O–H groups in total. The average molecular weight is 265 g/mol. The van der Waals surface area contributed by atoms with E-state index in [0.717, 1.165) is 23.1 Å². The summed E-state index contributed by atoms with van der Waals surface area (Å²) in [4.78, 5) is 11.7. The van der Waals surface area contributed by atoms with Crippen LogP contribution in [0.25, 0.3) is 0 Å². The summed E-state index contributed by atoms with van der Waals surface area (Å²) in [5.41, 5.74) is 0. The van der Waals surface area contributed by atoms with Crippen LogP contribution in [0.1, 0.15) is 19.8 Å². The van der Waals surface area contributed by atoms with Crippen LogP contribution in [-0.2, 0) is 4.79 Å². The van der Waals surface area contributed by atoms with E-state index in [9.17, 15) is 4.79 Å². The molecule has 0 saturated heterocycles. The van der Waals surface area contributed by atoms with Crippen LogP contribution in [0.5, 0.6) is 0 Å². The maximum Gasteiger partial charge on any atom is 0.341 e. The molecular formula is C9H13BrO2S. The number of carboxylic acid groups (broad SMARTS) is 1. The fraction of sp³-hybridized carbons (Fsp3) is 0.444. The quantitative estimate of drug-likeness (QED) is 0.590. The first-order valence-electron chi connectivity index (χ1n) is 3.93. The van der Waals surface area contributed by atoms with Gasteiger partial charge in [0, 0.05) is 5.33 Å². The minimum atomic E-state index is -0.941. The normalized spacial score (nSPS) is 11.4. The number of allylic oxidation sites excluding steroid dienone is 2. The zero-order valence-corrected chi connectivity index (χ0v) is 9.95. The van der Waals surface area contributed by atoms with Crippen LogP contribution in [0.4, 0.5) is 0 Å². The summed E-state index contributed by atoms with van der Waals surface area (Å²) in [6.07, 6.45) is 3.85. The van der Waals surface area contributed by atoms with Gasteiger partial charge in [-0.1, -0.05) is 40.3 Å². The largest absolute Gasteiger partial charge is 0.477 e. The zero-order valence-electron chi connectivity index (χ0n) is 7.55. The Morgan fingerprint density at radius 1 is 1.69 bits per heavy atom. The highest BCUT2D eigenvalue weighted by atomic mass is 79.9. The monoisotopic (exact) mass is 264 g/mol.